The normalized spacial score (nSPS) is 9.50. The summed E-state index contributed by atoms with van der Waals surface area (Å²) in [7, 11) is 6.41. The predicted octanol–water partition coefficient (Wildman–Crippen LogP) is 0.123. The van der Waals surface area contributed by atoms with E-state index in [-0.39, 0.29) is 0 Å². The first kappa shape index (κ1) is 13.5. The molecular weight excluding hydrogens is 212 g/mol. The van der Waals surface area contributed by atoms with E-state index in [2.05, 4.69) is 10.2 Å². The first-order valence-electron chi connectivity index (χ1n) is 4.09. The third kappa shape index (κ3) is 6.99. The molecule has 1 rings (SSSR count). The summed E-state index contributed by atoms with van der Waals surface area (Å²) in [4.78, 5) is 0. The highest BCUT2D eigenvalue weighted by Crippen LogP contribution is 1.81. The molecule has 1 aromatic rings. The summed E-state index contributed by atoms with van der Waals surface area (Å²) < 4.78 is 14.2. The topological polar surface area (TPSA) is 27.7 Å². The molecule has 0 atom stereocenters. The van der Waals surface area contributed by atoms with Gasteiger partial charge in [-0.3, -0.25) is 0 Å². The minimum Gasteiger partial charge on any atom is -0.379 e. The zero-order chi connectivity index (χ0) is 10.8. The molecule has 5 heteroatoms. The molecule has 0 saturated heterocycles. The van der Waals surface area contributed by atoms with Crippen molar-refractivity contribution in [3.8, 4) is 0 Å². The van der Waals surface area contributed by atoms with Crippen molar-refractivity contribution in [2.75, 3.05) is 21.3 Å². The third-order valence-corrected chi connectivity index (χ3v) is 2.84. The van der Waals surface area contributed by atoms with Crippen molar-refractivity contribution in [2.45, 2.75) is 0 Å². The SMILES string of the molecule is CO[SiH](OC)OC.[Si]c1ccccc1. The van der Waals surface area contributed by atoms with E-state index in [1.54, 1.807) is 21.3 Å². The maximum atomic E-state index is 4.74. The van der Waals surface area contributed by atoms with Crippen LogP contribution in [0.15, 0.2) is 30.3 Å². The van der Waals surface area contributed by atoms with Gasteiger partial charge in [-0.2, -0.15) is 0 Å². The van der Waals surface area contributed by atoms with Crippen LogP contribution in [0, 0.1) is 0 Å². The molecule has 0 heterocycles. The molecule has 0 spiro atoms. The zero-order valence-corrected chi connectivity index (χ0v) is 10.8. The molecule has 0 N–H and O–H groups in total. The molecule has 0 unspecified atom stereocenters. The van der Waals surface area contributed by atoms with Gasteiger partial charge in [-0.1, -0.05) is 35.5 Å². The van der Waals surface area contributed by atoms with E-state index in [1.807, 2.05) is 30.3 Å². The second kappa shape index (κ2) is 9.10. The summed E-state index contributed by atoms with van der Waals surface area (Å²) in [5, 5.41) is 1.13. The molecule has 1 aromatic carbocycles. The second-order valence-corrected chi connectivity index (χ2v) is 4.93. The Morgan fingerprint density at radius 1 is 0.929 bits per heavy atom. The Morgan fingerprint density at radius 3 is 1.50 bits per heavy atom. The van der Waals surface area contributed by atoms with Gasteiger partial charge in [-0.25, -0.2) is 0 Å². The van der Waals surface area contributed by atoms with Crippen LogP contribution in [0.4, 0.5) is 0 Å². The van der Waals surface area contributed by atoms with Crippen LogP contribution >= 0.6 is 0 Å². The van der Waals surface area contributed by atoms with Crippen LogP contribution < -0.4 is 5.19 Å². The summed E-state index contributed by atoms with van der Waals surface area (Å²) in [5.41, 5.74) is 0. The summed E-state index contributed by atoms with van der Waals surface area (Å²) in [6.45, 7) is 0. The van der Waals surface area contributed by atoms with E-state index < -0.39 is 9.53 Å². The van der Waals surface area contributed by atoms with E-state index in [9.17, 15) is 0 Å². The highest BCUT2D eigenvalue weighted by atomic mass is 28.3. The molecule has 0 bridgehead atoms. The maximum absolute atomic E-state index is 4.74. The Bertz CT molecular complexity index is 209. The molecule has 14 heavy (non-hydrogen) atoms. The van der Waals surface area contributed by atoms with Crippen molar-refractivity contribution < 1.29 is 13.3 Å². The Morgan fingerprint density at radius 2 is 1.36 bits per heavy atom. The number of benzene rings is 1. The molecule has 0 amide bonds. The molecule has 0 aliphatic heterocycles. The van der Waals surface area contributed by atoms with Crippen molar-refractivity contribution in [2.24, 2.45) is 0 Å². The van der Waals surface area contributed by atoms with Crippen molar-refractivity contribution in [1.29, 1.82) is 0 Å². The fourth-order valence-electron chi connectivity index (χ4n) is 0.727. The molecule has 77 valence electrons. The number of hydrogen-bond donors (Lipinski definition) is 0. The van der Waals surface area contributed by atoms with Gasteiger partial charge in [0.2, 0.25) is 0 Å². The van der Waals surface area contributed by atoms with Crippen LogP contribution in [0.1, 0.15) is 0 Å². The van der Waals surface area contributed by atoms with Gasteiger partial charge in [0.05, 0.1) is 10.2 Å². The molecule has 0 aliphatic carbocycles. The van der Waals surface area contributed by atoms with Crippen LogP contribution in [-0.2, 0) is 13.3 Å². The smallest absolute Gasteiger partial charge is 0.379 e. The standard InChI is InChI=1S/C6H5Si.C3H10O3Si/c7-6-4-2-1-3-5-6;1-4-7(5-2)6-3/h1-5H;7H,1-3H3. The highest BCUT2D eigenvalue weighted by Gasteiger charge is 2.04. The van der Waals surface area contributed by atoms with Crippen LogP contribution in [0.5, 0.6) is 0 Å². The molecule has 0 aliphatic rings. The van der Waals surface area contributed by atoms with Gasteiger partial charge in [-0.05, 0) is 0 Å². The van der Waals surface area contributed by atoms with E-state index in [1.165, 1.54) is 0 Å². The minimum atomic E-state index is -1.67. The molecule has 0 saturated carbocycles. The van der Waals surface area contributed by atoms with Crippen LogP contribution in [0.25, 0.3) is 0 Å². The summed E-state index contributed by atoms with van der Waals surface area (Å²) in [6.07, 6.45) is 0. The predicted molar refractivity (Wildman–Crippen MR) is 60.0 cm³/mol. The van der Waals surface area contributed by atoms with Gasteiger partial charge in [0.15, 0.2) is 0 Å². The van der Waals surface area contributed by atoms with Crippen LogP contribution in [-0.4, -0.2) is 41.1 Å². The van der Waals surface area contributed by atoms with Gasteiger partial charge in [0.1, 0.15) is 0 Å². The fourth-order valence-corrected chi connectivity index (χ4v) is 1.50. The van der Waals surface area contributed by atoms with E-state index in [0.29, 0.717) is 0 Å². The Hall–Kier alpha value is -0.466. The Balaban J connectivity index is 0.000000241. The highest BCUT2D eigenvalue weighted by molar-refractivity contribution is 6.36. The zero-order valence-electron chi connectivity index (χ0n) is 8.69. The van der Waals surface area contributed by atoms with Gasteiger partial charge >= 0.3 is 9.53 Å². The average molecular weight is 227 g/mol. The largest absolute Gasteiger partial charge is 0.483 e. The van der Waals surface area contributed by atoms with Crippen molar-refractivity contribution in [3.05, 3.63) is 30.3 Å². The van der Waals surface area contributed by atoms with Crippen molar-refractivity contribution in [3.63, 3.8) is 0 Å². The van der Waals surface area contributed by atoms with Crippen molar-refractivity contribution in [1.82, 2.24) is 0 Å². The lowest BCUT2D eigenvalue weighted by Gasteiger charge is -2.05. The van der Waals surface area contributed by atoms with Gasteiger partial charge < -0.3 is 13.3 Å². The Labute approximate surface area is 90.4 Å². The number of hydrogen-bond acceptors (Lipinski definition) is 3. The van der Waals surface area contributed by atoms with Gasteiger partial charge in [0.25, 0.3) is 0 Å². The van der Waals surface area contributed by atoms with Crippen molar-refractivity contribution >= 4 is 25.0 Å². The maximum Gasteiger partial charge on any atom is 0.483 e. The monoisotopic (exact) mass is 227 g/mol. The molecule has 0 fully saturated rings. The van der Waals surface area contributed by atoms with Gasteiger partial charge in [-0.15, -0.1) is 0 Å². The molecular formula is C9H15O3Si2. The molecule has 3 radical (unpaired) electrons. The fraction of sp³-hybridized carbons (Fsp3) is 0.333. The quantitative estimate of drug-likeness (QED) is 0.687. The lowest BCUT2D eigenvalue weighted by Crippen LogP contribution is -2.21. The molecule has 3 nitrogen and oxygen atoms in total. The Kier molecular flexibility index (Phi) is 8.80. The molecule has 0 aromatic heterocycles. The summed E-state index contributed by atoms with van der Waals surface area (Å²) in [5.74, 6) is 0. The lowest BCUT2D eigenvalue weighted by atomic mass is 10.4. The van der Waals surface area contributed by atoms with Gasteiger partial charge in [0, 0.05) is 21.3 Å². The first-order valence-corrected chi connectivity index (χ1v) is 6.01. The number of rotatable bonds is 3. The first-order chi connectivity index (χ1) is 6.74. The lowest BCUT2D eigenvalue weighted by molar-refractivity contribution is 0.163. The average Bonchev–Trinajstić information content (AvgIpc) is 2.22. The summed E-state index contributed by atoms with van der Waals surface area (Å²) in [6, 6.07) is 9.96. The van der Waals surface area contributed by atoms with Crippen LogP contribution in [0.2, 0.25) is 0 Å². The second-order valence-electron chi connectivity index (χ2n) is 2.36. The van der Waals surface area contributed by atoms with E-state index in [4.69, 9.17) is 13.3 Å². The third-order valence-electron chi connectivity index (χ3n) is 1.35. The van der Waals surface area contributed by atoms with Crippen LogP contribution in [0.3, 0.4) is 0 Å². The van der Waals surface area contributed by atoms with E-state index >= 15 is 0 Å². The van der Waals surface area contributed by atoms with E-state index in [0.717, 1.165) is 5.19 Å². The minimum absolute atomic E-state index is 1.13. The summed E-state index contributed by atoms with van der Waals surface area (Å²) >= 11 is 0.